The van der Waals surface area contributed by atoms with Crippen LogP contribution in [0, 0.1) is 6.92 Å². The summed E-state index contributed by atoms with van der Waals surface area (Å²) in [4.78, 5) is 16.7. The summed E-state index contributed by atoms with van der Waals surface area (Å²) in [6.07, 6.45) is 0. The molecule has 29 heavy (non-hydrogen) atoms. The number of rotatable bonds is 8. The maximum Gasteiger partial charge on any atom is 0.251 e. The molecule has 0 unspecified atom stereocenters. The first-order valence-corrected chi connectivity index (χ1v) is 11.0. The topological polar surface area (TPSA) is 69.7 Å². The minimum absolute atomic E-state index is 0.117. The van der Waals surface area contributed by atoms with Crippen LogP contribution in [-0.2, 0) is 5.75 Å². The molecule has 1 amide bonds. The maximum absolute atomic E-state index is 12.3. The molecule has 4 rings (SSSR count). The van der Waals surface area contributed by atoms with E-state index in [1.165, 1.54) is 0 Å². The molecule has 1 aliphatic rings. The van der Waals surface area contributed by atoms with Crippen LogP contribution in [0.25, 0.3) is 0 Å². The molecule has 0 atom stereocenters. The Kier molecular flexibility index (Phi) is 6.21. The molecule has 6 nitrogen and oxygen atoms in total. The zero-order valence-electron chi connectivity index (χ0n) is 15.8. The summed E-state index contributed by atoms with van der Waals surface area (Å²) < 4.78 is 17.3. The van der Waals surface area contributed by atoms with Gasteiger partial charge < -0.3 is 19.5 Å². The predicted molar refractivity (Wildman–Crippen MR) is 113 cm³/mol. The van der Waals surface area contributed by atoms with E-state index in [2.05, 4.69) is 10.3 Å². The van der Waals surface area contributed by atoms with Crippen molar-refractivity contribution < 1.29 is 19.0 Å². The quantitative estimate of drug-likeness (QED) is 0.427. The molecule has 150 valence electrons. The molecule has 0 radical (unpaired) electrons. The predicted octanol–water partition coefficient (Wildman–Crippen LogP) is 4.28. The molecule has 3 aromatic rings. The van der Waals surface area contributed by atoms with Crippen molar-refractivity contribution in [1.29, 1.82) is 0 Å². The second kappa shape index (κ2) is 9.19. The van der Waals surface area contributed by atoms with Crippen LogP contribution in [0.1, 0.15) is 21.6 Å². The van der Waals surface area contributed by atoms with E-state index in [9.17, 15) is 4.79 Å². The highest BCUT2D eigenvalue weighted by atomic mass is 32.2. The summed E-state index contributed by atoms with van der Waals surface area (Å²) in [7, 11) is 0. The number of nitrogens with zero attached hydrogens (tertiary/aromatic N) is 1. The van der Waals surface area contributed by atoms with Crippen molar-refractivity contribution in [2.24, 2.45) is 0 Å². The van der Waals surface area contributed by atoms with Crippen LogP contribution in [0.4, 0.5) is 0 Å². The van der Waals surface area contributed by atoms with Crippen molar-refractivity contribution in [2.45, 2.75) is 17.0 Å². The molecular weight excluding hydrogens is 408 g/mol. The highest BCUT2D eigenvalue weighted by Gasteiger charge is 2.13. The number of aromatic nitrogens is 1. The monoisotopic (exact) mass is 428 g/mol. The van der Waals surface area contributed by atoms with Gasteiger partial charge in [0.2, 0.25) is 6.79 Å². The zero-order valence-corrected chi connectivity index (χ0v) is 17.5. The average Bonchev–Trinajstić information content (AvgIpc) is 3.38. The molecule has 0 saturated heterocycles. The van der Waals surface area contributed by atoms with Crippen molar-refractivity contribution in [3.05, 3.63) is 64.7 Å². The second-order valence-electron chi connectivity index (χ2n) is 6.36. The fourth-order valence-corrected chi connectivity index (χ4v) is 4.50. The highest BCUT2D eigenvalue weighted by molar-refractivity contribution is 8.00. The molecule has 0 fully saturated rings. The van der Waals surface area contributed by atoms with E-state index in [1.54, 1.807) is 29.2 Å². The van der Waals surface area contributed by atoms with Crippen LogP contribution in [0.15, 0.2) is 52.2 Å². The van der Waals surface area contributed by atoms with Gasteiger partial charge in [0.1, 0.15) is 16.7 Å². The molecule has 8 heteroatoms. The molecular formula is C21H20N2O4S2. The van der Waals surface area contributed by atoms with E-state index >= 15 is 0 Å². The number of carbonyl (C=O) groups is 1. The zero-order chi connectivity index (χ0) is 20.1. The number of thiazole rings is 1. The van der Waals surface area contributed by atoms with Crippen LogP contribution in [0.5, 0.6) is 17.2 Å². The number of fused-ring (bicyclic) bond motifs is 1. The number of thioether (sulfide) groups is 1. The number of aryl methyl sites for hydroxylation is 1. The van der Waals surface area contributed by atoms with Crippen molar-refractivity contribution in [3.8, 4) is 17.2 Å². The Morgan fingerprint density at radius 3 is 2.83 bits per heavy atom. The van der Waals surface area contributed by atoms with E-state index in [0.29, 0.717) is 36.0 Å². The Hall–Kier alpha value is -2.71. The van der Waals surface area contributed by atoms with Crippen LogP contribution in [0.3, 0.4) is 0 Å². The average molecular weight is 429 g/mol. The standard InChI is InChI=1S/C21H20N2O4S2/c1-14-11-28-21(23-14)29-12-15-2-4-16(5-3-15)20(24)22-8-9-25-17-6-7-18-19(10-17)27-13-26-18/h2-7,10-11H,8-9,12-13H2,1H3,(H,22,24). The van der Waals surface area contributed by atoms with E-state index < -0.39 is 0 Å². The van der Waals surface area contributed by atoms with Gasteiger partial charge in [0.25, 0.3) is 5.91 Å². The van der Waals surface area contributed by atoms with Gasteiger partial charge in [-0.3, -0.25) is 4.79 Å². The van der Waals surface area contributed by atoms with Crippen LogP contribution >= 0.6 is 23.1 Å². The van der Waals surface area contributed by atoms with Gasteiger partial charge in [-0.2, -0.15) is 0 Å². The Morgan fingerprint density at radius 2 is 2.03 bits per heavy atom. The second-order valence-corrected chi connectivity index (χ2v) is 8.44. The summed E-state index contributed by atoms with van der Waals surface area (Å²) in [5, 5.41) is 4.92. The lowest BCUT2D eigenvalue weighted by Crippen LogP contribution is -2.28. The number of benzene rings is 2. The number of hydrogen-bond acceptors (Lipinski definition) is 7. The first-order valence-electron chi connectivity index (χ1n) is 9.12. The molecule has 2 aromatic carbocycles. The number of ether oxygens (including phenoxy) is 3. The first-order chi connectivity index (χ1) is 14.2. The van der Waals surface area contributed by atoms with Gasteiger partial charge in [0.15, 0.2) is 11.5 Å². The summed E-state index contributed by atoms with van der Waals surface area (Å²) in [6, 6.07) is 13.1. The third-order valence-corrected chi connectivity index (χ3v) is 6.39. The lowest BCUT2D eigenvalue weighted by Gasteiger charge is -2.09. The Balaban J connectivity index is 1.20. The van der Waals surface area contributed by atoms with Gasteiger partial charge in [-0.15, -0.1) is 11.3 Å². The Morgan fingerprint density at radius 1 is 1.21 bits per heavy atom. The van der Waals surface area contributed by atoms with Gasteiger partial charge in [0.05, 0.1) is 6.54 Å². The number of carbonyl (C=O) groups excluding carboxylic acids is 1. The van der Waals surface area contributed by atoms with Crippen LogP contribution in [0.2, 0.25) is 0 Å². The lowest BCUT2D eigenvalue weighted by atomic mass is 10.1. The smallest absolute Gasteiger partial charge is 0.251 e. The minimum atomic E-state index is -0.117. The first kappa shape index (κ1) is 19.6. The van der Waals surface area contributed by atoms with Crippen molar-refractivity contribution in [1.82, 2.24) is 10.3 Å². The van der Waals surface area contributed by atoms with Gasteiger partial charge in [-0.25, -0.2) is 4.98 Å². The lowest BCUT2D eigenvalue weighted by molar-refractivity contribution is 0.0947. The van der Waals surface area contributed by atoms with Crippen molar-refractivity contribution in [2.75, 3.05) is 19.9 Å². The molecule has 0 saturated carbocycles. The highest BCUT2D eigenvalue weighted by Crippen LogP contribution is 2.35. The Bertz CT molecular complexity index is 989. The molecule has 0 spiro atoms. The fourth-order valence-electron chi connectivity index (χ4n) is 2.70. The Labute approximate surface area is 177 Å². The third kappa shape index (κ3) is 5.21. The van der Waals surface area contributed by atoms with Crippen LogP contribution in [-0.4, -0.2) is 30.8 Å². The van der Waals surface area contributed by atoms with Gasteiger partial charge in [-0.1, -0.05) is 23.9 Å². The van der Waals surface area contributed by atoms with Crippen molar-refractivity contribution in [3.63, 3.8) is 0 Å². The molecule has 2 heterocycles. The van der Waals surface area contributed by atoms with E-state index in [1.807, 2.05) is 48.7 Å². The van der Waals surface area contributed by atoms with Gasteiger partial charge in [-0.05, 0) is 36.8 Å². The van der Waals surface area contributed by atoms with E-state index in [-0.39, 0.29) is 12.7 Å². The van der Waals surface area contributed by atoms with Gasteiger partial charge in [0, 0.05) is 28.5 Å². The molecule has 1 N–H and O–H groups in total. The third-order valence-electron chi connectivity index (χ3n) is 4.18. The maximum atomic E-state index is 12.3. The summed E-state index contributed by atoms with van der Waals surface area (Å²) in [5.74, 6) is 2.79. The van der Waals surface area contributed by atoms with E-state index in [0.717, 1.165) is 21.3 Å². The van der Waals surface area contributed by atoms with Crippen molar-refractivity contribution >= 4 is 29.0 Å². The summed E-state index contributed by atoms with van der Waals surface area (Å²) >= 11 is 3.36. The van der Waals surface area contributed by atoms with Crippen LogP contribution < -0.4 is 19.5 Å². The normalized spacial score (nSPS) is 12.0. The number of hydrogen-bond donors (Lipinski definition) is 1. The molecule has 0 bridgehead atoms. The fraction of sp³-hybridized carbons (Fsp3) is 0.238. The van der Waals surface area contributed by atoms with E-state index in [4.69, 9.17) is 14.2 Å². The summed E-state index contributed by atoms with van der Waals surface area (Å²) in [6.45, 7) is 3.01. The SMILES string of the molecule is Cc1csc(SCc2ccc(C(=O)NCCOc3ccc4c(c3)OCO4)cc2)n1. The number of amides is 1. The molecule has 1 aromatic heterocycles. The minimum Gasteiger partial charge on any atom is -0.492 e. The largest absolute Gasteiger partial charge is 0.492 e. The molecule has 0 aliphatic carbocycles. The summed E-state index contributed by atoms with van der Waals surface area (Å²) in [5.41, 5.74) is 2.84. The number of nitrogens with one attached hydrogen (secondary N) is 1. The van der Waals surface area contributed by atoms with Gasteiger partial charge >= 0.3 is 0 Å². The molecule has 1 aliphatic heterocycles.